The second kappa shape index (κ2) is 7.04. The number of hydrogen-bond acceptors (Lipinski definition) is 3. The van der Waals surface area contributed by atoms with Gasteiger partial charge in [0.1, 0.15) is 6.04 Å². The zero-order chi connectivity index (χ0) is 20.0. The molecular formula is C23H23N3O3. The largest absolute Gasteiger partial charge is 0.385 e. The van der Waals surface area contributed by atoms with Crippen molar-refractivity contribution >= 4 is 22.7 Å². The fourth-order valence-corrected chi connectivity index (χ4v) is 4.68. The lowest BCUT2D eigenvalue weighted by Crippen LogP contribution is -2.52. The van der Waals surface area contributed by atoms with Crippen molar-refractivity contribution < 1.29 is 14.3 Å². The number of ether oxygens (including phenoxy) is 1. The van der Waals surface area contributed by atoms with Crippen LogP contribution in [0.3, 0.4) is 0 Å². The van der Waals surface area contributed by atoms with E-state index in [0.29, 0.717) is 25.1 Å². The Labute approximate surface area is 168 Å². The Bertz CT molecular complexity index is 1100. The van der Waals surface area contributed by atoms with Crippen molar-refractivity contribution in [1.82, 2.24) is 15.2 Å². The minimum absolute atomic E-state index is 0.0769. The van der Waals surface area contributed by atoms with Gasteiger partial charge in [-0.3, -0.25) is 9.59 Å². The zero-order valence-electron chi connectivity index (χ0n) is 16.3. The maximum Gasteiger partial charge on any atom is 0.255 e. The highest BCUT2D eigenvalue weighted by atomic mass is 16.5. The number of nitrogens with zero attached hydrogens (tertiary/aromatic N) is 1. The molecule has 5 rings (SSSR count). The van der Waals surface area contributed by atoms with Crippen LogP contribution in [0.4, 0.5) is 0 Å². The number of benzene rings is 2. The summed E-state index contributed by atoms with van der Waals surface area (Å²) in [6.45, 7) is 1.12. The van der Waals surface area contributed by atoms with E-state index in [0.717, 1.165) is 34.1 Å². The number of methoxy groups -OCH3 is 1. The van der Waals surface area contributed by atoms with Gasteiger partial charge in [-0.1, -0.05) is 36.4 Å². The molecule has 2 aliphatic heterocycles. The third-order valence-electron chi connectivity index (χ3n) is 5.98. The molecule has 3 heterocycles. The third kappa shape index (κ3) is 2.75. The van der Waals surface area contributed by atoms with E-state index in [4.69, 9.17) is 4.74 Å². The van der Waals surface area contributed by atoms with Gasteiger partial charge in [0.2, 0.25) is 5.91 Å². The van der Waals surface area contributed by atoms with E-state index in [1.807, 2.05) is 42.5 Å². The molecule has 0 aliphatic carbocycles. The quantitative estimate of drug-likeness (QED) is 0.659. The minimum atomic E-state index is -0.533. The lowest BCUT2D eigenvalue weighted by atomic mass is 9.90. The molecule has 6 heteroatoms. The Hall–Kier alpha value is -3.12. The highest BCUT2D eigenvalue weighted by molar-refractivity contribution is 6.03. The number of aromatic nitrogens is 1. The first-order valence-corrected chi connectivity index (χ1v) is 9.98. The van der Waals surface area contributed by atoms with Crippen molar-refractivity contribution in [3.63, 3.8) is 0 Å². The van der Waals surface area contributed by atoms with Gasteiger partial charge in [0.15, 0.2) is 0 Å². The van der Waals surface area contributed by atoms with Crippen LogP contribution in [0.25, 0.3) is 10.9 Å². The molecule has 0 fully saturated rings. The van der Waals surface area contributed by atoms with Gasteiger partial charge in [-0.25, -0.2) is 0 Å². The number of hydrogen-bond donors (Lipinski definition) is 2. The second-order valence-corrected chi connectivity index (χ2v) is 7.62. The molecule has 2 aromatic carbocycles. The smallest absolute Gasteiger partial charge is 0.255 e. The monoisotopic (exact) mass is 389 g/mol. The van der Waals surface area contributed by atoms with Gasteiger partial charge in [-0.15, -0.1) is 0 Å². The molecule has 2 N–H and O–H groups in total. The van der Waals surface area contributed by atoms with Crippen molar-refractivity contribution in [2.45, 2.75) is 24.9 Å². The van der Waals surface area contributed by atoms with Gasteiger partial charge in [-0.2, -0.15) is 0 Å². The van der Waals surface area contributed by atoms with Gasteiger partial charge in [0, 0.05) is 48.8 Å². The molecule has 0 bridgehead atoms. The molecule has 148 valence electrons. The Kier molecular flexibility index (Phi) is 4.36. The number of amides is 2. The number of para-hydroxylation sites is 1. The average molecular weight is 389 g/mol. The Balaban J connectivity index is 1.59. The van der Waals surface area contributed by atoms with Gasteiger partial charge in [0.05, 0.1) is 6.04 Å². The molecule has 1 aromatic heterocycles. The first-order valence-electron chi connectivity index (χ1n) is 9.98. The molecule has 2 amide bonds. The molecule has 29 heavy (non-hydrogen) atoms. The molecule has 2 atom stereocenters. The summed E-state index contributed by atoms with van der Waals surface area (Å²) in [6.07, 6.45) is 1.25. The Morgan fingerprint density at radius 2 is 2.00 bits per heavy atom. The fraction of sp³-hybridized carbons (Fsp3) is 0.304. The summed E-state index contributed by atoms with van der Waals surface area (Å²) >= 11 is 0. The van der Waals surface area contributed by atoms with Crippen LogP contribution in [0.2, 0.25) is 0 Å². The number of rotatable bonds is 5. The molecule has 2 aliphatic rings. The molecule has 0 saturated heterocycles. The molecule has 1 unspecified atom stereocenters. The normalized spacial score (nSPS) is 19.8. The van der Waals surface area contributed by atoms with Crippen molar-refractivity contribution in [2.24, 2.45) is 0 Å². The van der Waals surface area contributed by atoms with E-state index < -0.39 is 6.04 Å². The van der Waals surface area contributed by atoms with E-state index in [1.165, 1.54) is 0 Å². The minimum Gasteiger partial charge on any atom is -0.385 e. The van der Waals surface area contributed by atoms with E-state index in [-0.39, 0.29) is 17.9 Å². The van der Waals surface area contributed by atoms with E-state index in [1.54, 1.807) is 12.0 Å². The number of carbonyl (C=O) groups excluding carboxylic acids is 2. The van der Waals surface area contributed by atoms with Crippen LogP contribution in [0.5, 0.6) is 0 Å². The van der Waals surface area contributed by atoms with E-state index in [9.17, 15) is 9.59 Å². The fourth-order valence-electron chi connectivity index (χ4n) is 4.68. The first-order chi connectivity index (χ1) is 14.2. The summed E-state index contributed by atoms with van der Waals surface area (Å²) in [5.41, 5.74) is 4.83. The lowest BCUT2D eigenvalue weighted by Gasteiger charge is -2.37. The lowest BCUT2D eigenvalue weighted by molar-refractivity contribution is -0.126. The highest BCUT2D eigenvalue weighted by Gasteiger charge is 2.48. The van der Waals surface area contributed by atoms with Crippen molar-refractivity contribution in [3.8, 4) is 0 Å². The first kappa shape index (κ1) is 17.9. The van der Waals surface area contributed by atoms with Crippen LogP contribution in [0.15, 0.2) is 48.5 Å². The van der Waals surface area contributed by atoms with Crippen LogP contribution in [0.1, 0.15) is 39.6 Å². The summed E-state index contributed by atoms with van der Waals surface area (Å²) in [6, 6.07) is 15.0. The van der Waals surface area contributed by atoms with Crippen molar-refractivity contribution in [2.75, 3.05) is 20.3 Å². The molecule has 0 radical (unpaired) electrons. The number of nitrogens with one attached hydrogen (secondary N) is 2. The Morgan fingerprint density at radius 3 is 2.86 bits per heavy atom. The SMILES string of the molecule is COCCCNC(=O)[C@@H]1Cc2c([nH]c3ccccc23)C2c3ccccc3C(=O)N21. The van der Waals surface area contributed by atoms with Gasteiger partial charge in [0.25, 0.3) is 5.91 Å². The molecule has 3 aromatic rings. The van der Waals surface area contributed by atoms with Crippen molar-refractivity contribution in [3.05, 3.63) is 70.9 Å². The summed E-state index contributed by atoms with van der Waals surface area (Å²) in [7, 11) is 1.65. The number of H-pyrrole nitrogens is 1. The van der Waals surface area contributed by atoms with E-state index in [2.05, 4.69) is 16.4 Å². The average Bonchev–Trinajstić information content (AvgIpc) is 3.27. The summed E-state index contributed by atoms with van der Waals surface area (Å²) < 4.78 is 5.06. The van der Waals surface area contributed by atoms with Crippen LogP contribution < -0.4 is 5.32 Å². The molecule has 0 saturated carbocycles. The number of fused-ring (bicyclic) bond motifs is 7. The summed E-state index contributed by atoms with van der Waals surface area (Å²) in [5.74, 6) is -0.185. The van der Waals surface area contributed by atoms with Crippen LogP contribution in [0, 0.1) is 0 Å². The summed E-state index contributed by atoms with van der Waals surface area (Å²) in [4.78, 5) is 31.7. The van der Waals surface area contributed by atoms with Crippen LogP contribution in [-0.4, -0.2) is 48.0 Å². The van der Waals surface area contributed by atoms with Crippen molar-refractivity contribution in [1.29, 1.82) is 0 Å². The van der Waals surface area contributed by atoms with Gasteiger partial charge < -0.3 is 19.9 Å². The van der Waals surface area contributed by atoms with Gasteiger partial charge >= 0.3 is 0 Å². The standard InChI is InChI=1S/C23H23N3O3/c1-29-12-6-11-24-22(27)19-13-17-14-7-4-5-10-18(14)25-20(17)21-15-8-2-3-9-16(15)23(28)26(19)21/h2-5,7-10,19,21,25H,6,11-13H2,1H3,(H,24,27)/t19-,21?/m0/s1. The molecule has 0 spiro atoms. The maximum absolute atomic E-state index is 13.3. The molecular weight excluding hydrogens is 366 g/mol. The zero-order valence-corrected chi connectivity index (χ0v) is 16.3. The summed E-state index contributed by atoms with van der Waals surface area (Å²) in [5, 5.41) is 4.12. The van der Waals surface area contributed by atoms with Crippen LogP contribution >= 0.6 is 0 Å². The topological polar surface area (TPSA) is 74.4 Å². The second-order valence-electron chi connectivity index (χ2n) is 7.62. The predicted octanol–water partition coefficient (Wildman–Crippen LogP) is 2.79. The predicted molar refractivity (Wildman–Crippen MR) is 110 cm³/mol. The van der Waals surface area contributed by atoms with Crippen LogP contribution in [-0.2, 0) is 16.0 Å². The van der Waals surface area contributed by atoms with Gasteiger partial charge in [-0.05, 0) is 29.7 Å². The number of carbonyl (C=O) groups is 2. The Morgan fingerprint density at radius 1 is 1.21 bits per heavy atom. The van der Waals surface area contributed by atoms with E-state index >= 15 is 0 Å². The third-order valence-corrected chi connectivity index (χ3v) is 5.98. The maximum atomic E-state index is 13.3. The number of aromatic amines is 1. The molecule has 6 nitrogen and oxygen atoms in total. The highest BCUT2D eigenvalue weighted by Crippen LogP contribution is 2.46.